The average molecular weight is 343 g/mol. The van der Waals surface area contributed by atoms with Gasteiger partial charge in [-0.1, -0.05) is 18.2 Å². The number of ether oxygens (including phenoxy) is 1. The molecule has 0 fully saturated rings. The molecule has 0 radical (unpaired) electrons. The van der Waals surface area contributed by atoms with Crippen molar-refractivity contribution in [2.45, 2.75) is 19.6 Å². The van der Waals surface area contributed by atoms with Crippen molar-refractivity contribution < 1.29 is 18.6 Å². The van der Waals surface area contributed by atoms with Crippen molar-refractivity contribution >= 4 is 15.9 Å². The summed E-state index contributed by atoms with van der Waals surface area (Å²) in [6.07, 6.45) is -0.719. The lowest BCUT2D eigenvalue weighted by atomic mass is 10.1. The van der Waals surface area contributed by atoms with Gasteiger partial charge < -0.3 is 9.84 Å². The van der Waals surface area contributed by atoms with E-state index in [4.69, 9.17) is 4.74 Å². The standard InChI is InChI=1S/C15H13BrF2O2/c1-9(19)10-4-2-3-5-14(10)20-8-11-13(17)7-6-12(16)15(11)18/h2-7,9,19H,8H2,1H3. The fourth-order valence-corrected chi connectivity index (χ4v) is 2.18. The van der Waals surface area contributed by atoms with Gasteiger partial charge in [-0.15, -0.1) is 0 Å². The Morgan fingerprint density at radius 2 is 1.90 bits per heavy atom. The van der Waals surface area contributed by atoms with E-state index in [0.29, 0.717) is 11.3 Å². The average Bonchev–Trinajstić information content (AvgIpc) is 2.43. The Labute approximate surface area is 124 Å². The van der Waals surface area contributed by atoms with Crippen LogP contribution < -0.4 is 4.74 Å². The molecule has 1 N–H and O–H groups in total. The van der Waals surface area contributed by atoms with Crippen LogP contribution in [0.5, 0.6) is 5.75 Å². The molecule has 2 rings (SSSR count). The van der Waals surface area contributed by atoms with Gasteiger partial charge in [-0.25, -0.2) is 8.78 Å². The van der Waals surface area contributed by atoms with Crippen molar-refractivity contribution in [2.75, 3.05) is 0 Å². The number of rotatable bonds is 4. The van der Waals surface area contributed by atoms with E-state index >= 15 is 0 Å². The van der Waals surface area contributed by atoms with Crippen LogP contribution in [-0.4, -0.2) is 5.11 Å². The fourth-order valence-electron chi connectivity index (χ4n) is 1.81. The van der Waals surface area contributed by atoms with Crippen LogP contribution in [-0.2, 0) is 6.61 Å². The van der Waals surface area contributed by atoms with Gasteiger partial charge in [0.25, 0.3) is 0 Å². The molecule has 0 bridgehead atoms. The van der Waals surface area contributed by atoms with E-state index in [9.17, 15) is 13.9 Å². The highest BCUT2D eigenvalue weighted by atomic mass is 79.9. The second-order valence-corrected chi connectivity index (χ2v) is 5.18. The maximum absolute atomic E-state index is 13.8. The molecule has 2 nitrogen and oxygen atoms in total. The van der Waals surface area contributed by atoms with Crippen LogP contribution in [0.15, 0.2) is 40.9 Å². The molecular weight excluding hydrogens is 330 g/mol. The number of aliphatic hydroxyl groups is 1. The van der Waals surface area contributed by atoms with Crippen molar-refractivity contribution in [3.63, 3.8) is 0 Å². The number of halogens is 3. The molecule has 106 valence electrons. The van der Waals surface area contributed by atoms with Crippen LogP contribution in [0.2, 0.25) is 0 Å². The van der Waals surface area contributed by atoms with E-state index in [0.717, 1.165) is 0 Å². The second-order valence-electron chi connectivity index (χ2n) is 4.32. The first-order valence-corrected chi connectivity index (χ1v) is 6.82. The maximum atomic E-state index is 13.8. The first-order chi connectivity index (χ1) is 9.50. The summed E-state index contributed by atoms with van der Waals surface area (Å²) in [7, 11) is 0. The van der Waals surface area contributed by atoms with E-state index in [1.54, 1.807) is 31.2 Å². The summed E-state index contributed by atoms with van der Waals surface area (Å²) in [5.74, 6) is -0.943. The van der Waals surface area contributed by atoms with Crippen LogP contribution in [0.1, 0.15) is 24.2 Å². The first-order valence-electron chi connectivity index (χ1n) is 6.03. The van der Waals surface area contributed by atoms with Gasteiger partial charge in [-0.3, -0.25) is 0 Å². The van der Waals surface area contributed by atoms with E-state index in [2.05, 4.69) is 15.9 Å². The summed E-state index contributed by atoms with van der Waals surface area (Å²) in [6.45, 7) is 1.35. The van der Waals surface area contributed by atoms with Gasteiger partial charge in [0.2, 0.25) is 0 Å². The third-order valence-electron chi connectivity index (χ3n) is 2.88. The lowest BCUT2D eigenvalue weighted by Crippen LogP contribution is -2.05. The van der Waals surface area contributed by atoms with E-state index in [1.165, 1.54) is 12.1 Å². The fraction of sp³-hybridized carbons (Fsp3) is 0.200. The molecule has 0 aliphatic heterocycles. The molecule has 2 aromatic carbocycles. The quantitative estimate of drug-likeness (QED) is 0.836. The number of aliphatic hydroxyl groups excluding tert-OH is 1. The van der Waals surface area contributed by atoms with E-state index in [-0.39, 0.29) is 16.6 Å². The van der Waals surface area contributed by atoms with Crippen molar-refractivity contribution in [2.24, 2.45) is 0 Å². The zero-order valence-electron chi connectivity index (χ0n) is 10.7. The number of hydrogen-bond acceptors (Lipinski definition) is 2. The Morgan fingerprint density at radius 1 is 1.20 bits per heavy atom. The third kappa shape index (κ3) is 3.16. The van der Waals surface area contributed by atoms with Gasteiger partial charge in [0, 0.05) is 5.56 Å². The van der Waals surface area contributed by atoms with Crippen molar-refractivity contribution in [3.8, 4) is 5.75 Å². The zero-order valence-corrected chi connectivity index (χ0v) is 12.3. The van der Waals surface area contributed by atoms with Crippen molar-refractivity contribution in [1.82, 2.24) is 0 Å². The third-order valence-corrected chi connectivity index (χ3v) is 3.49. The molecule has 0 heterocycles. The van der Waals surface area contributed by atoms with E-state index in [1.807, 2.05) is 0 Å². The highest BCUT2D eigenvalue weighted by molar-refractivity contribution is 9.10. The van der Waals surface area contributed by atoms with Gasteiger partial charge in [-0.2, -0.15) is 0 Å². The van der Waals surface area contributed by atoms with Crippen LogP contribution in [0, 0.1) is 11.6 Å². The Morgan fingerprint density at radius 3 is 2.60 bits per heavy atom. The van der Waals surface area contributed by atoms with Gasteiger partial charge in [-0.05, 0) is 41.1 Å². The number of para-hydroxylation sites is 1. The van der Waals surface area contributed by atoms with Crippen molar-refractivity contribution in [1.29, 1.82) is 0 Å². The smallest absolute Gasteiger partial charge is 0.146 e. The Balaban J connectivity index is 2.24. The summed E-state index contributed by atoms with van der Waals surface area (Å²) >= 11 is 3.01. The molecular formula is C15H13BrF2O2. The largest absolute Gasteiger partial charge is 0.488 e. The summed E-state index contributed by atoms with van der Waals surface area (Å²) in [6, 6.07) is 9.32. The SMILES string of the molecule is CC(O)c1ccccc1OCc1c(F)ccc(Br)c1F. The lowest BCUT2D eigenvalue weighted by Gasteiger charge is -2.14. The normalized spacial score (nSPS) is 12.2. The zero-order chi connectivity index (χ0) is 14.7. The van der Waals surface area contributed by atoms with E-state index < -0.39 is 17.7 Å². The molecule has 20 heavy (non-hydrogen) atoms. The molecule has 0 saturated heterocycles. The van der Waals surface area contributed by atoms with Crippen molar-refractivity contribution in [3.05, 3.63) is 63.6 Å². The number of hydrogen-bond donors (Lipinski definition) is 1. The Kier molecular flexibility index (Phi) is 4.73. The molecule has 1 unspecified atom stereocenters. The minimum absolute atomic E-state index is 0.153. The molecule has 0 aliphatic carbocycles. The van der Waals surface area contributed by atoms with Gasteiger partial charge in [0.1, 0.15) is 24.0 Å². The lowest BCUT2D eigenvalue weighted by molar-refractivity contribution is 0.189. The maximum Gasteiger partial charge on any atom is 0.146 e. The van der Waals surface area contributed by atoms with Crippen LogP contribution in [0.3, 0.4) is 0 Å². The molecule has 5 heteroatoms. The Bertz CT molecular complexity index is 615. The second kappa shape index (κ2) is 6.33. The summed E-state index contributed by atoms with van der Waals surface area (Å²) in [5, 5.41) is 9.62. The van der Waals surface area contributed by atoms with Gasteiger partial charge in [0.15, 0.2) is 0 Å². The van der Waals surface area contributed by atoms with Crippen LogP contribution in [0.4, 0.5) is 8.78 Å². The molecule has 0 amide bonds. The summed E-state index contributed by atoms with van der Waals surface area (Å²) in [5.41, 5.74) is 0.420. The van der Waals surface area contributed by atoms with Crippen LogP contribution >= 0.6 is 15.9 Å². The topological polar surface area (TPSA) is 29.5 Å². The minimum Gasteiger partial charge on any atom is -0.488 e. The summed E-state index contributed by atoms with van der Waals surface area (Å²) in [4.78, 5) is 0. The molecule has 0 aromatic heterocycles. The molecule has 2 aromatic rings. The monoisotopic (exact) mass is 342 g/mol. The molecule has 0 saturated carbocycles. The predicted molar refractivity (Wildman–Crippen MR) is 75.5 cm³/mol. The minimum atomic E-state index is -0.719. The van der Waals surface area contributed by atoms with Gasteiger partial charge >= 0.3 is 0 Å². The number of benzene rings is 2. The van der Waals surface area contributed by atoms with Crippen LogP contribution in [0.25, 0.3) is 0 Å². The molecule has 0 aliphatic rings. The van der Waals surface area contributed by atoms with Gasteiger partial charge in [0.05, 0.1) is 16.1 Å². The first kappa shape index (κ1) is 14.9. The highest BCUT2D eigenvalue weighted by Crippen LogP contribution is 2.27. The highest BCUT2D eigenvalue weighted by Gasteiger charge is 2.14. The molecule has 0 spiro atoms. The summed E-state index contributed by atoms with van der Waals surface area (Å²) < 4.78 is 33.0. The molecule has 1 atom stereocenters. The Hall–Kier alpha value is -1.46. The predicted octanol–water partition coefficient (Wildman–Crippen LogP) is 4.36.